The molecule has 0 amide bonds. The molecule has 0 aromatic heterocycles. The molecule has 1 rings (SSSR count). The monoisotopic (exact) mass is 270 g/mol. The molecule has 0 aliphatic rings. The predicted molar refractivity (Wildman–Crippen MR) is 77.5 cm³/mol. The molecule has 0 spiro atoms. The Morgan fingerprint density at radius 3 is 2.72 bits per heavy atom. The van der Waals surface area contributed by atoms with Crippen LogP contribution in [-0.2, 0) is 6.54 Å². The normalized spacial score (nSPS) is 10.9. The Morgan fingerprint density at radius 1 is 1.33 bits per heavy atom. The van der Waals surface area contributed by atoms with Gasteiger partial charge in [0.15, 0.2) is 0 Å². The van der Waals surface area contributed by atoms with Crippen LogP contribution in [0.5, 0.6) is 5.75 Å². The lowest BCUT2D eigenvalue weighted by molar-refractivity contribution is 0.317. The first kappa shape index (κ1) is 15.3. The van der Waals surface area contributed by atoms with Gasteiger partial charge in [-0.1, -0.05) is 24.6 Å². The molecule has 18 heavy (non-hydrogen) atoms. The lowest BCUT2D eigenvalue weighted by atomic mass is 10.2. The van der Waals surface area contributed by atoms with E-state index >= 15 is 0 Å². The zero-order valence-electron chi connectivity index (χ0n) is 11.5. The van der Waals surface area contributed by atoms with E-state index in [2.05, 4.69) is 37.3 Å². The summed E-state index contributed by atoms with van der Waals surface area (Å²) in [5.41, 5.74) is 1.18. The Bertz CT molecular complexity index is 356. The van der Waals surface area contributed by atoms with Crippen LogP contribution < -0.4 is 10.1 Å². The highest BCUT2D eigenvalue weighted by Crippen LogP contribution is 2.25. The van der Waals surface area contributed by atoms with Gasteiger partial charge in [0.1, 0.15) is 5.75 Å². The topological polar surface area (TPSA) is 24.5 Å². The maximum Gasteiger partial charge on any atom is 0.137 e. The van der Waals surface area contributed by atoms with Crippen molar-refractivity contribution in [2.45, 2.75) is 19.9 Å². The van der Waals surface area contributed by atoms with E-state index in [0.717, 1.165) is 31.8 Å². The van der Waals surface area contributed by atoms with Crippen LogP contribution in [0.2, 0.25) is 5.02 Å². The maximum absolute atomic E-state index is 6.17. The summed E-state index contributed by atoms with van der Waals surface area (Å²) in [7, 11) is 4.14. The number of nitrogens with zero attached hydrogens (tertiary/aromatic N) is 1. The van der Waals surface area contributed by atoms with E-state index in [1.807, 2.05) is 12.1 Å². The summed E-state index contributed by atoms with van der Waals surface area (Å²) < 4.78 is 5.54. The highest BCUT2D eigenvalue weighted by molar-refractivity contribution is 6.32. The van der Waals surface area contributed by atoms with Gasteiger partial charge in [0, 0.05) is 19.6 Å². The summed E-state index contributed by atoms with van der Waals surface area (Å²) in [6, 6.07) is 5.97. The number of hydrogen-bond acceptors (Lipinski definition) is 3. The van der Waals surface area contributed by atoms with E-state index in [4.69, 9.17) is 16.3 Å². The Balaban J connectivity index is 2.41. The van der Waals surface area contributed by atoms with Crippen molar-refractivity contribution in [2.24, 2.45) is 0 Å². The van der Waals surface area contributed by atoms with Crippen LogP contribution in [0.4, 0.5) is 0 Å². The molecule has 1 aromatic rings. The van der Waals surface area contributed by atoms with Crippen molar-refractivity contribution in [3.63, 3.8) is 0 Å². The number of hydrogen-bond donors (Lipinski definition) is 1. The molecule has 0 heterocycles. The number of likely N-dealkylation sites (N-methyl/N-ethyl adjacent to an activating group) is 1. The molecule has 0 saturated heterocycles. The second kappa shape index (κ2) is 8.35. The minimum Gasteiger partial charge on any atom is -0.492 e. The van der Waals surface area contributed by atoms with Crippen molar-refractivity contribution in [3.8, 4) is 5.75 Å². The van der Waals surface area contributed by atoms with Gasteiger partial charge in [-0.05, 0) is 38.2 Å². The Morgan fingerprint density at radius 2 is 2.11 bits per heavy atom. The average molecular weight is 271 g/mol. The standard InChI is InChI=1S/C14H23ClN2O/c1-4-9-18-14-6-5-12(10-13(14)15)11-16-7-8-17(2)3/h5-6,10,16H,4,7-9,11H2,1-3H3. The summed E-state index contributed by atoms with van der Waals surface area (Å²) >= 11 is 6.17. The second-order valence-corrected chi connectivity index (χ2v) is 5.00. The van der Waals surface area contributed by atoms with Gasteiger partial charge in [-0.3, -0.25) is 0 Å². The Labute approximate surface area is 115 Å². The molecule has 0 aliphatic carbocycles. The van der Waals surface area contributed by atoms with Gasteiger partial charge in [-0.15, -0.1) is 0 Å². The largest absolute Gasteiger partial charge is 0.492 e. The van der Waals surface area contributed by atoms with Gasteiger partial charge in [0.2, 0.25) is 0 Å². The van der Waals surface area contributed by atoms with E-state index in [1.54, 1.807) is 0 Å². The molecule has 3 nitrogen and oxygen atoms in total. The van der Waals surface area contributed by atoms with Gasteiger partial charge in [-0.25, -0.2) is 0 Å². The molecule has 0 atom stereocenters. The minimum absolute atomic E-state index is 0.690. The van der Waals surface area contributed by atoms with E-state index in [1.165, 1.54) is 5.56 Å². The fraction of sp³-hybridized carbons (Fsp3) is 0.571. The third kappa shape index (κ3) is 5.71. The Hall–Kier alpha value is -0.770. The first-order valence-electron chi connectivity index (χ1n) is 6.40. The summed E-state index contributed by atoms with van der Waals surface area (Å²) in [6.45, 7) is 5.63. The van der Waals surface area contributed by atoms with Crippen molar-refractivity contribution in [1.29, 1.82) is 0 Å². The van der Waals surface area contributed by atoms with Crippen molar-refractivity contribution < 1.29 is 4.74 Å². The van der Waals surface area contributed by atoms with E-state index in [0.29, 0.717) is 11.6 Å². The highest BCUT2D eigenvalue weighted by Gasteiger charge is 2.02. The molecule has 1 N–H and O–H groups in total. The summed E-state index contributed by atoms with van der Waals surface area (Å²) in [4.78, 5) is 2.15. The van der Waals surface area contributed by atoms with Crippen molar-refractivity contribution in [3.05, 3.63) is 28.8 Å². The van der Waals surface area contributed by atoms with Crippen LogP contribution in [-0.4, -0.2) is 38.7 Å². The van der Waals surface area contributed by atoms with Crippen LogP contribution in [0.1, 0.15) is 18.9 Å². The fourth-order valence-corrected chi connectivity index (χ4v) is 1.78. The zero-order valence-corrected chi connectivity index (χ0v) is 12.3. The van der Waals surface area contributed by atoms with Crippen LogP contribution in [0.15, 0.2) is 18.2 Å². The van der Waals surface area contributed by atoms with E-state index < -0.39 is 0 Å². The van der Waals surface area contributed by atoms with Crippen LogP contribution in [0.3, 0.4) is 0 Å². The van der Waals surface area contributed by atoms with Crippen LogP contribution in [0.25, 0.3) is 0 Å². The van der Waals surface area contributed by atoms with Gasteiger partial charge in [0.25, 0.3) is 0 Å². The third-order valence-corrected chi connectivity index (χ3v) is 2.82. The van der Waals surface area contributed by atoms with Crippen molar-refractivity contribution in [1.82, 2.24) is 10.2 Å². The van der Waals surface area contributed by atoms with Crippen molar-refractivity contribution in [2.75, 3.05) is 33.8 Å². The van der Waals surface area contributed by atoms with Gasteiger partial charge >= 0.3 is 0 Å². The van der Waals surface area contributed by atoms with Crippen molar-refractivity contribution >= 4 is 11.6 Å². The third-order valence-electron chi connectivity index (χ3n) is 2.52. The zero-order chi connectivity index (χ0) is 13.4. The average Bonchev–Trinajstić information content (AvgIpc) is 2.33. The molecule has 1 aromatic carbocycles. The van der Waals surface area contributed by atoms with Gasteiger partial charge < -0.3 is 15.0 Å². The molecule has 0 saturated carbocycles. The highest BCUT2D eigenvalue weighted by atomic mass is 35.5. The number of nitrogens with one attached hydrogen (secondary N) is 1. The summed E-state index contributed by atoms with van der Waals surface area (Å²) in [6.07, 6.45) is 0.990. The van der Waals surface area contributed by atoms with E-state index in [-0.39, 0.29) is 0 Å². The smallest absolute Gasteiger partial charge is 0.137 e. The number of rotatable bonds is 8. The first-order valence-corrected chi connectivity index (χ1v) is 6.78. The maximum atomic E-state index is 6.17. The molecule has 4 heteroatoms. The molecule has 0 aliphatic heterocycles. The minimum atomic E-state index is 0.690. The Kier molecular flexibility index (Phi) is 7.09. The quantitative estimate of drug-likeness (QED) is 0.735. The first-order chi connectivity index (χ1) is 8.63. The van der Waals surface area contributed by atoms with Crippen LogP contribution >= 0.6 is 11.6 Å². The molecular weight excluding hydrogens is 248 g/mol. The van der Waals surface area contributed by atoms with Gasteiger partial charge in [0.05, 0.1) is 11.6 Å². The molecule has 0 bridgehead atoms. The molecule has 102 valence electrons. The molecule has 0 unspecified atom stereocenters. The predicted octanol–water partition coefficient (Wildman–Crippen LogP) is 2.78. The number of ether oxygens (including phenoxy) is 1. The number of halogens is 1. The van der Waals surface area contributed by atoms with Crippen LogP contribution in [0, 0.1) is 0 Å². The van der Waals surface area contributed by atoms with Gasteiger partial charge in [-0.2, -0.15) is 0 Å². The molecular formula is C14H23ClN2O. The SMILES string of the molecule is CCCOc1ccc(CNCCN(C)C)cc1Cl. The molecule has 0 radical (unpaired) electrons. The molecule has 0 fully saturated rings. The summed E-state index contributed by atoms with van der Waals surface area (Å²) in [5, 5.41) is 4.07. The number of benzene rings is 1. The summed E-state index contributed by atoms with van der Waals surface area (Å²) in [5.74, 6) is 0.774. The lowest BCUT2D eigenvalue weighted by Crippen LogP contribution is -2.26. The second-order valence-electron chi connectivity index (χ2n) is 4.59. The van der Waals surface area contributed by atoms with E-state index in [9.17, 15) is 0 Å². The lowest BCUT2D eigenvalue weighted by Gasteiger charge is -2.11. The fourth-order valence-electron chi connectivity index (χ4n) is 1.52.